The number of fused-ring (bicyclic) bond motifs is 2. The van der Waals surface area contributed by atoms with Crippen molar-refractivity contribution < 1.29 is 9.53 Å². The number of hydrogen-bond donors (Lipinski definition) is 2. The average molecular weight is 475 g/mol. The van der Waals surface area contributed by atoms with Crippen LogP contribution in [0.1, 0.15) is 55.5 Å². The molecular formula is C27H34N6O2. The Morgan fingerprint density at radius 1 is 1.23 bits per heavy atom. The fourth-order valence-electron chi connectivity index (χ4n) is 5.37. The molecule has 1 amide bonds. The lowest BCUT2D eigenvalue weighted by Crippen LogP contribution is -2.40. The van der Waals surface area contributed by atoms with Crippen LogP contribution in [-0.2, 0) is 4.79 Å². The van der Waals surface area contributed by atoms with E-state index in [1.807, 2.05) is 13.0 Å². The molecule has 1 aliphatic heterocycles. The Hall–Kier alpha value is -3.39. The number of amides is 1. The van der Waals surface area contributed by atoms with Gasteiger partial charge in [0.2, 0.25) is 11.8 Å². The molecule has 184 valence electrons. The number of carbonyl (C=O) groups excluding carboxylic acids is 1. The summed E-state index contributed by atoms with van der Waals surface area (Å²) in [5.41, 5.74) is 6.75. The first-order valence-electron chi connectivity index (χ1n) is 12.4. The molecule has 0 aliphatic carbocycles. The van der Waals surface area contributed by atoms with E-state index in [0.29, 0.717) is 30.1 Å². The van der Waals surface area contributed by atoms with Gasteiger partial charge in [-0.3, -0.25) is 9.69 Å². The number of piperidine rings is 1. The predicted octanol–water partition coefficient (Wildman–Crippen LogP) is 4.24. The van der Waals surface area contributed by atoms with E-state index in [-0.39, 0.29) is 5.91 Å². The summed E-state index contributed by atoms with van der Waals surface area (Å²) in [6, 6.07) is 11.0. The molecule has 2 N–H and O–H groups in total. The molecule has 1 fully saturated rings. The molecule has 5 rings (SSSR count). The highest BCUT2D eigenvalue weighted by molar-refractivity contribution is 5.92. The molecule has 4 heterocycles. The summed E-state index contributed by atoms with van der Waals surface area (Å²) >= 11 is 0. The van der Waals surface area contributed by atoms with Crippen LogP contribution in [0.25, 0.3) is 27.8 Å². The average Bonchev–Trinajstić information content (AvgIpc) is 3.43. The molecule has 35 heavy (non-hydrogen) atoms. The minimum Gasteiger partial charge on any atom is -0.481 e. The molecule has 0 unspecified atom stereocenters. The molecule has 1 aliphatic rings. The van der Waals surface area contributed by atoms with Crippen LogP contribution in [0, 0.1) is 6.92 Å². The number of nitrogens with one attached hydrogen (secondary N) is 2. The van der Waals surface area contributed by atoms with Crippen LogP contribution in [0.3, 0.4) is 0 Å². The molecule has 1 saturated heterocycles. The number of H-pyrrole nitrogens is 1. The lowest BCUT2D eigenvalue weighted by atomic mass is 9.87. The number of carbonyl (C=O) groups is 1. The van der Waals surface area contributed by atoms with Crippen molar-refractivity contribution in [2.45, 2.75) is 45.4 Å². The van der Waals surface area contributed by atoms with Crippen molar-refractivity contribution in [3.63, 3.8) is 0 Å². The predicted molar refractivity (Wildman–Crippen MR) is 138 cm³/mol. The molecule has 1 aromatic carbocycles. The largest absolute Gasteiger partial charge is 0.481 e. The highest BCUT2D eigenvalue weighted by Crippen LogP contribution is 2.39. The number of methoxy groups -OCH3 is 1. The Labute approximate surface area is 205 Å². The maximum Gasteiger partial charge on any atom is 0.233 e. The summed E-state index contributed by atoms with van der Waals surface area (Å²) in [4.78, 5) is 22.2. The Bertz CT molecular complexity index is 1380. The highest BCUT2D eigenvalue weighted by Gasteiger charge is 2.24. The van der Waals surface area contributed by atoms with Gasteiger partial charge in [0, 0.05) is 29.6 Å². The van der Waals surface area contributed by atoms with Crippen molar-refractivity contribution in [2.75, 3.05) is 33.8 Å². The monoisotopic (exact) mass is 474 g/mol. The maximum absolute atomic E-state index is 11.7. The van der Waals surface area contributed by atoms with Crippen LogP contribution in [0.2, 0.25) is 0 Å². The Morgan fingerprint density at radius 3 is 2.69 bits per heavy atom. The van der Waals surface area contributed by atoms with E-state index < -0.39 is 0 Å². The number of likely N-dealkylation sites (N-methyl/N-ethyl adjacent to an activating group) is 1. The lowest BCUT2D eigenvalue weighted by molar-refractivity contribution is -0.122. The number of hydrogen-bond acceptors (Lipinski definition) is 5. The quantitative estimate of drug-likeness (QED) is 0.436. The molecular weight excluding hydrogens is 440 g/mol. The van der Waals surface area contributed by atoms with E-state index >= 15 is 0 Å². The van der Waals surface area contributed by atoms with Crippen LogP contribution < -0.4 is 10.1 Å². The molecule has 0 radical (unpaired) electrons. The number of pyridine rings is 1. The molecule has 8 heteroatoms. The molecule has 4 aromatic rings. The van der Waals surface area contributed by atoms with Crippen LogP contribution >= 0.6 is 0 Å². The summed E-state index contributed by atoms with van der Waals surface area (Å²) in [6.45, 7) is 8.76. The van der Waals surface area contributed by atoms with E-state index in [0.717, 1.165) is 48.4 Å². The smallest absolute Gasteiger partial charge is 0.233 e. The van der Waals surface area contributed by atoms with Crippen molar-refractivity contribution in [3.8, 4) is 17.1 Å². The van der Waals surface area contributed by atoms with Crippen LogP contribution in [0.4, 0.5) is 0 Å². The third-order valence-electron chi connectivity index (χ3n) is 7.15. The minimum atomic E-state index is 0.0856. The first-order chi connectivity index (χ1) is 16.9. The van der Waals surface area contributed by atoms with Crippen molar-refractivity contribution in [2.24, 2.45) is 0 Å². The van der Waals surface area contributed by atoms with E-state index in [9.17, 15) is 4.79 Å². The number of rotatable bonds is 6. The second-order valence-electron chi connectivity index (χ2n) is 9.81. The Morgan fingerprint density at radius 2 is 2.00 bits per heavy atom. The normalized spacial score (nSPS) is 15.4. The first kappa shape index (κ1) is 23.4. The van der Waals surface area contributed by atoms with Gasteiger partial charge in [0.1, 0.15) is 5.82 Å². The van der Waals surface area contributed by atoms with E-state index in [2.05, 4.69) is 63.4 Å². The Balaban J connectivity index is 1.51. The van der Waals surface area contributed by atoms with Crippen molar-refractivity contribution in [3.05, 3.63) is 47.3 Å². The first-order valence-corrected chi connectivity index (χ1v) is 12.4. The molecule has 8 nitrogen and oxygen atoms in total. The summed E-state index contributed by atoms with van der Waals surface area (Å²) in [7, 11) is 3.36. The number of aryl methyl sites for hydroxylation is 1. The SMILES string of the molecule is CNC(=O)CN1CCC(c2ccc3[nH]c(-c4cc(OC)n5nc(C)nc5c4)c(C(C)C)c3c2)CC1. The highest BCUT2D eigenvalue weighted by atomic mass is 16.5. The van der Waals surface area contributed by atoms with Crippen molar-refractivity contribution in [1.82, 2.24) is 29.8 Å². The Kier molecular flexibility index (Phi) is 6.23. The number of aromatic amines is 1. The van der Waals surface area contributed by atoms with Crippen LogP contribution in [0.15, 0.2) is 30.3 Å². The van der Waals surface area contributed by atoms with E-state index in [1.54, 1.807) is 18.7 Å². The second-order valence-corrected chi connectivity index (χ2v) is 9.81. The van der Waals surface area contributed by atoms with Crippen molar-refractivity contribution >= 4 is 22.5 Å². The zero-order valence-corrected chi connectivity index (χ0v) is 21.2. The number of ether oxygens (including phenoxy) is 1. The van der Waals surface area contributed by atoms with Gasteiger partial charge in [0.25, 0.3) is 0 Å². The van der Waals surface area contributed by atoms with Crippen LogP contribution in [0.5, 0.6) is 5.88 Å². The number of benzene rings is 1. The van der Waals surface area contributed by atoms with Gasteiger partial charge in [-0.15, -0.1) is 5.10 Å². The number of nitrogens with zero attached hydrogens (tertiary/aromatic N) is 4. The zero-order chi connectivity index (χ0) is 24.7. The summed E-state index contributed by atoms with van der Waals surface area (Å²) in [5.74, 6) is 2.31. The lowest BCUT2D eigenvalue weighted by Gasteiger charge is -2.31. The zero-order valence-electron chi connectivity index (χ0n) is 21.2. The molecule has 0 spiro atoms. The van der Waals surface area contributed by atoms with E-state index in [4.69, 9.17) is 4.74 Å². The van der Waals surface area contributed by atoms with Gasteiger partial charge in [-0.2, -0.15) is 4.52 Å². The molecule has 0 atom stereocenters. The fourth-order valence-corrected chi connectivity index (χ4v) is 5.37. The van der Waals surface area contributed by atoms with Gasteiger partial charge in [0.15, 0.2) is 5.65 Å². The van der Waals surface area contributed by atoms with Gasteiger partial charge in [-0.25, -0.2) is 4.98 Å². The summed E-state index contributed by atoms with van der Waals surface area (Å²) in [5, 5.41) is 8.45. The summed E-state index contributed by atoms with van der Waals surface area (Å²) in [6.07, 6.45) is 2.13. The number of aromatic nitrogens is 4. The molecule has 3 aromatic heterocycles. The fraction of sp³-hybridized carbons (Fsp3) is 0.444. The standard InChI is InChI=1S/C27H34N6O2/c1-16(2)26-21-12-19(18-8-10-32(11-9-18)15-24(34)28-4)6-7-22(21)30-27(26)20-13-23-29-17(3)31-33(23)25(14-20)35-5/h6-7,12-14,16,18,30H,8-11,15H2,1-5H3,(H,28,34). The molecule has 0 bridgehead atoms. The van der Waals surface area contributed by atoms with E-state index in [1.165, 1.54) is 16.5 Å². The summed E-state index contributed by atoms with van der Waals surface area (Å²) < 4.78 is 7.37. The van der Waals surface area contributed by atoms with Gasteiger partial charge >= 0.3 is 0 Å². The second kappa shape index (κ2) is 9.34. The van der Waals surface area contributed by atoms with Gasteiger partial charge in [-0.1, -0.05) is 19.9 Å². The third-order valence-corrected chi connectivity index (χ3v) is 7.15. The maximum atomic E-state index is 11.7. The number of likely N-dealkylation sites (tertiary alicyclic amines) is 1. The minimum absolute atomic E-state index is 0.0856. The topological polar surface area (TPSA) is 87.5 Å². The van der Waals surface area contributed by atoms with Crippen LogP contribution in [-0.4, -0.2) is 64.2 Å². The van der Waals surface area contributed by atoms with Gasteiger partial charge < -0.3 is 15.0 Å². The van der Waals surface area contributed by atoms with Gasteiger partial charge in [-0.05, 0) is 74.0 Å². The molecule has 0 saturated carbocycles. The van der Waals surface area contributed by atoms with Crippen molar-refractivity contribution in [1.29, 1.82) is 0 Å². The third kappa shape index (κ3) is 4.38. The van der Waals surface area contributed by atoms with Gasteiger partial charge in [0.05, 0.1) is 19.3 Å².